The number of nitrogens with zero attached hydrogens (tertiary/aromatic N) is 2. The first-order valence-corrected chi connectivity index (χ1v) is 7.65. The summed E-state index contributed by atoms with van der Waals surface area (Å²) < 4.78 is 1.42. The molecule has 3 aromatic rings. The van der Waals surface area contributed by atoms with Gasteiger partial charge in [0.1, 0.15) is 0 Å². The van der Waals surface area contributed by atoms with Crippen molar-refractivity contribution < 1.29 is 0 Å². The highest BCUT2D eigenvalue weighted by Gasteiger charge is 2.03. The second-order valence-corrected chi connectivity index (χ2v) is 5.50. The summed E-state index contributed by atoms with van der Waals surface area (Å²) in [4.78, 5) is 12.0. The van der Waals surface area contributed by atoms with Gasteiger partial charge < -0.3 is 0 Å². The van der Waals surface area contributed by atoms with Crippen LogP contribution in [0.4, 0.5) is 0 Å². The van der Waals surface area contributed by atoms with Crippen molar-refractivity contribution in [1.29, 1.82) is 0 Å². The minimum atomic E-state index is -0.151. The molecule has 0 radical (unpaired) electrons. The number of halogens is 1. The fourth-order valence-electron chi connectivity index (χ4n) is 2.20. The van der Waals surface area contributed by atoms with E-state index in [0.717, 1.165) is 16.8 Å². The molecule has 114 valence electrons. The largest absolute Gasteiger partial charge is 0.268 e. The summed E-state index contributed by atoms with van der Waals surface area (Å²) in [7, 11) is 0. The van der Waals surface area contributed by atoms with Crippen molar-refractivity contribution in [3.8, 4) is 0 Å². The van der Waals surface area contributed by atoms with Crippen molar-refractivity contribution in [2.45, 2.75) is 6.54 Å². The third kappa shape index (κ3) is 3.96. The molecule has 0 saturated carbocycles. The molecule has 0 aliphatic rings. The van der Waals surface area contributed by atoms with Crippen molar-refractivity contribution in [2.75, 3.05) is 0 Å². The summed E-state index contributed by atoms with van der Waals surface area (Å²) >= 11 is 6.15. The Morgan fingerprint density at radius 2 is 1.65 bits per heavy atom. The first kappa shape index (κ1) is 15.3. The van der Waals surface area contributed by atoms with Gasteiger partial charge in [-0.2, -0.15) is 5.10 Å². The smallest absolute Gasteiger partial charge is 0.267 e. The molecule has 3 rings (SSSR count). The van der Waals surface area contributed by atoms with Gasteiger partial charge in [0, 0.05) is 11.1 Å². The van der Waals surface area contributed by atoms with Crippen molar-refractivity contribution in [2.24, 2.45) is 0 Å². The molecule has 2 aromatic carbocycles. The molecular weight excluding hydrogens is 308 g/mol. The van der Waals surface area contributed by atoms with Crippen LogP contribution in [0.3, 0.4) is 0 Å². The van der Waals surface area contributed by atoms with Gasteiger partial charge in [-0.25, -0.2) is 4.68 Å². The lowest BCUT2D eigenvalue weighted by Gasteiger charge is -2.07. The number of hydrogen-bond donors (Lipinski definition) is 0. The molecule has 0 N–H and O–H groups in total. The Balaban J connectivity index is 1.86. The van der Waals surface area contributed by atoms with E-state index in [-0.39, 0.29) is 5.56 Å². The van der Waals surface area contributed by atoms with E-state index in [2.05, 4.69) is 5.10 Å². The molecule has 0 unspecified atom stereocenters. The Hall–Kier alpha value is -2.65. The Morgan fingerprint density at radius 3 is 2.43 bits per heavy atom. The average Bonchev–Trinajstić information content (AvgIpc) is 2.58. The summed E-state index contributed by atoms with van der Waals surface area (Å²) in [6.45, 7) is 0.353. The second-order valence-electron chi connectivity index (χ2n) is 5.09. The zero-order valence-corrected chi connectivity index (χ0v) is 13.1. The molecule has 0 bridgehead atoms. The maximum atomic E-state index is 12.0. The molecule has 3 nitrogen and oxygen atoms in total. The molecule has 0 spiro atoms. The van der Waals surface area contributed by atoms with E-state index in [9.17, 15) is 4.79 Å². The molecule has 0 atom stereocenters. The van der Waals surface area contributed by atoms with Gasteiger partial charge in [-0.15, -0.1) is 0 Å². The van der Waals surface area contributed by atoms with Gasteiger partial charge in [0.15, 0.2) is 0 Å². The molecule has 0 aliphatic carbocycles. The van der Waals surface area contributed by atoms with Crippen molar-refractivity contribution in [3.63, 3.8) is 0 Å². The zero-order valence-electron chi connectivity index (χ0n) is 12.4. The van der Waals surface area contributed by atoms with E-state index in [0.29, 0.717) is 11.6 Å². The van der Waals surface area contributed by atoms with Gasteiger partial charge in [0.2, 0.25) is 0 Å². The van der Waals surface area contributed by atoms with Crippen molar-refractivity contribution in [3.05, 3.63) is 98.9 Å². The quantitative estimate of drug-likeness (QED) is 0.724. The van der Waals surface area contributed by atoms with E-state index in [4.69, 9.17) is 11.6 Å². The molecule has 1 heterocycles. The third-order valence-electron chi connectivity index (χ3n) is 3.41. The molecule has 1 aromatic heterocycles. The Kier molecular flexibility index (Phi) is 4.69. The van der Waals surface area contributed by atoms with Gasteiger partial charge in [0.25, 0.3) is 5.56 Å². The SMILES string of the molecule is O=c1ccc(C=Cc2ccccc2)nn1Cc1ccccc1Cl. The lowest BCUT2D eigenvalue weighted by atomic mass is 10.2. The van der Waals surface area contributed by atoms with Crippen LogP contribution in [0.25, 0.3) is 12.2 Å². The maximum absolute atomic E-state index is 12.0. The zero-order chi connectivity index (χ0) is 16.1. The molecule has 4 heteroatoms. The van der Waals surface area contributed by atoms with Crippen LogP contribution in [0, 0.1) is 0 Å². The molecule has 0 fully saturated rings. The molecule has 0 amide bonds. The summed E-state index contributed by atoms with van der Waals surface area (Å²) in [5, 5.41) is 5.01. The van der Waals surface area contributed by atoms with Crippen LogP contribution in [0.5, 0.6) is 0 Å². The fourth-order valence-corrected chi connectivity index (χ4v) is 2.40. The van der Waals surface area contributed by atoms with Crippen LogP contribution < -0.4 is 5.56 Å². The summed E-state index contributed by atoms with van der Waals surface area (Å²) in [5.74, 6) is 0. The lowest BCUT2D eigenvalue weighted by Crippen LogP contribution is -2.23. The predicted molar refractivity (Wildman–Crippen MR) is 94.4 cm³/mol. The van der Waals surface area contributed by atoms with E-state index in [1.807, 2.05) is 60.7 Å². The number of benzene rings is 2. The number of rotatable bonds is 4. The van der Waals surface area contributed by atoms with E-state index < -0.39 is 0 Å². The highest BCUT2D eigenvalue weighted by molar-refractivity contribution is 6.31. The lowest BCUT2D eigenvalue weighted by molar-refractivity contribution is 0.636. The maximum Gasteiger partial charge on any atom is 0.267 e. The molecule has 0 saturated heterocycles. The highest BCUT2D eigenvalue weighted by Crippen LogP contribution is 2.15. The van der Waals surface area contributed by atoms with E-state index in [1.165, 1.54) is 10.7 Å². The standard InChI is InChI=1S/C19H15ClN2O/c20-18-9-5-4-8-16(18)14-22-19(23)13-12-17(21-22)11-10-15-6-2-1-3-7-15/h1-13H,14H2. The van der Waals surface area contributed by atoms with Gasteiger partial charge in [-0.05, 0) is 29.3 Å². The highest BCUT2D eigenvalue weighted by atomic mass is 35.5. The normalized spacial score (nSPS) is 11.0. The number of hydrogen-bond acceptors (Lipinski definition) is 2. The summed E-state index contributed by atoms with van der Waals surface area (Å²) in [5.41, 5.74) is 2.52. The second kappa shape index (κ2) is 7.07. The van der Waals surface area contributed by atoms with E-state index in [1.54, 1.807) is 12.1 Å². The van der Waals surface area contributed by atoms with Crippen molar-refractivity contribution >= 4 is 23.8 Å². The van der Waals surface area contributed by atoms with Crippen LogP contribution in [-0.2, 0) is 6.54 Å². The molecule has 23 heavy (non-hydrogen) atoms. The van der Waals surface area contributed by atoms with Gasteiger partial charge in [-0.1, -0.05) is 66.2 Å². The van der Waals surface area contributed by atoms with Crippen molar-refractivity contribution in [1.82, 2.24) is 9.78 Å². The van der Waals surface area contributed by atoms with Crippen LogP contribution >= 0.6 is 11.6 Å². The minimum Gasteiger partial charge on any atom is -0.268 e. The molecule has 0 aliphatic heterocycles. The van der Waals surface area contributed by atoms with Crippen LogP contribution in [0.2, 0.25) is 5.02 Å². The number of aromatic nitrogens is 2. The van der Waals surface area contributed by atoms with Gasteiger partial charge in [0.05, 0.1) is 12.2 Å². The summed E-state index contributed by atoms with van der Waals surface area (Å²) in [6.07, 6.45) is 3.85. The van der Waals surface area contributed by atoms with Gasteiger partial charge in [-0.3, -0.25) is 4.79 Å². The van der Waals surface area contributed by atoms with Crippen LogP contribution in [0.15, 0.2) is 71.5 Å². The summed E-state index contributed by atoms with van der Waals surface area (Å²) in [6, 6.07) is 20.6. The first-order valence-electron chi connectivity index (χ1n) is 7.27. The Bertz CT molecular complexity index is 885. The Labute approximate surface area is 139 Å². The monoisotopic (exact) mass is 322 g/mol. The predicted octanol–water partition coefficient (Wildman–Crippen LogP) is 4.12. The Morgan fingerprint density at radius 1 is 0.913 bits per heavy atom. The van der Waals surface area contributed by atoms with Gasteiger partial charge >= 0.3 is 0 Å². The fraction of sp³-hybridized carbons (Fsp3) is 0.0526. The van der Waals surface area contributed by atoms with Crippen LogP contribution in [-0.4, -0.2) is 9.78 Å². The molecular formula is C19H15ClN2O. The first-order chi connectivity index (χ1) is 11.2. The topological polar surface area (TPSA) is 34.9 Å². The third-order valence-corrected chi connectivity index (χ3v) is 3.78. The average molecular weight is 323 g/mol. The minimum absolute atomic E-state index is 0.151. The van der Waals surface area contributed by atoms with E-state index >= 15 is 0 Å². The van der Waals surface area contributed by atoms with Crippen LogP contribution in [0.1, 0.15) is 16.8 Å².